The van der Waals surface area contributed by atoms with Crippen LogP contribution in [0.15, 0.2) is 42.6 Å². The van der Waals surface area contributed by atoms with Crippen molar-refractivity contribution in [2.45, 2.75) is 26.7 Å². The second-order valence-corrected chi connectivity index (χ2v) is 7.75. The molecule has 1 aliphatic carbocycles. The van der Waals surface area contributed by atoms with Crippen LogP contribution in [0.5, 0.6) is 11.5 Å². The molecule has 2 nitrogen and oxygen atoms in total. The van der Waals surface area contributed by atoms with Crippen molar-refractivity contribution in [1.29, 1.82) is 0 Å². The maximum absolute atomic E-state index is 6.62. The quantitative estimate of drug-likeness (QED) is 0.349. The molecule has 2 heteroatoms. The molecule has 3 aromatic carbocycles. The summed E-state index contributed by atoms with van der Waals surface area (Å²) in [5, 5.41) is 5.29. The van der Waals surface area contributed by atoms with Crippen molar-refractivity contribution in [3.05, 3.63) is 64.8 Å². The summed E-state index contributed by atoms with van der Waals surface area (Å²) in [5.41, 5.74) is 7.98. The number of pyridine rings is 1. The van der Waals surface area contributed by atoms with Crippen LogP contribution >= 0.6 is 0 Å². The Bertz CT molecular complexity index is 1280. The van der Waals surface area contributed by atoms with Crippen LogP contribution in [-0.4, -0.2) is 0 Å². The van der Waals surface area contributed by atoms with Crippen molar-refractivity contribution in [3.63, 3.8) is 0 Å². The normalized spacial score (nSPS) is 14.0. The van der Waals surface area contributed by atoms with E-state index in [1.165, 1.54) is 55.1 Å². The monoisotopic (exact) mass is 338 g/mol. The predicted octanol–water partition coefficient (Wildman–Crippen LogP) is 5.31. The molecule has 1 aliphatic heterocycles. The summed E-state index contributed by atoms with van der Waals surface area (Å²) in [6.07, 6.45) is 4.36. The summed E-state index contributed by atoms with van der Waals surface area (Å²) in [7, 11) is 2.15. The van der Waals surface area contributed by atoms with E-state index in [1.807, 2.05) is 0 Å². The van der Waals surface area contributed by atoms with Crippen LogP contribution in [0, 0.1) is 13.8 Å². The smallest absolute Gasteiger partial charge is 0.228 e. The van der Waals surface area contributed by atoms with Crippen LogP contribution in [0.2, 0.25) is 0 Å². The van der Waals surface area contributed by atoms with Crippen molar-refractivity contribution >= 4 is 21.5 Å². The molecule has 0 saturated heterocycles. The van der Waals surface area contributed by atoms with E-state index >= 15 is 0 Å². The molecule has 0 unspecified atom stereocenters. The molecular formula is C24H20NO+. The number of rotatable bonds is 0. The van der Waals surface area contributed by atoms with Crippen LogP contribution in [0.1, 0.15) is 22.3 Å². The Balaban J connectivity index is 1.87. The topological polar surface area (TPSA) is 13.1 Å². The standard InChI is InChI=1S/C24H20NO/c1-13-11-16-9-10-25(3)23-20-14(2)17-6-4-5-15-7-8-18(21(15)17)24(20)26-19(12-13)22(16)23/h4-6,9-12H,7-8H2,1-3H3/q+1. The van der Waals surface area contributed by atoms with E-state index in [0.717, 1.165) is 24.3 Å². The first kappa shape index (κ1) is 14.3. The van der Waals surface area contributed by atoms with Gasteiger partial charge in [-0.05, 0) is 65.6 Å². The maximum Gasteiger partial charge on any atom is 0.228 e. The highest BCUT2D eigenvalue weighted by Gasteiger charge is 2.34. The van der Waals surface area contributed by atoms with Gasteiger partial charge in [-0.15, -0.1) is 0 Å². The predicted molar refractivity (Wildman–Crippen MR) is 105 cm³/mol. The highest BCUT2D eigenvalue weighted by atomic mass is 16.5. The minimum atomic E-state index is 0.998. The number of benzene rings is 3. The molecule has 0 bridgehead atoms. The Labute approximate surface area is 152 Å². The van der Waals surface area contributed by atoms with Crippen molar-refractivity contribution in [2.24, 2.45) is 7.05 Å². The molecule has 2 aliphatic rings. The van der Waals surface area contributed by atoms with Gasteiger partial charge < -0.3 is 4.74 Å². The lowest BCUT2D eigenvalue weighted by Crippen LogP contribution is -2.32. The molecule has 4 aromatic rings. The summed E-state index contributed by atoms with van der Waals surface area (Å²) in [4.78, 5) is 0. The first-order valence-corrected chi connectivity index (χ1v) is 9.32. The summed E-state index contributed by atoms with van der Waals surface area (Å²) in [6, 6.07) is 13.4. The Morgan fingerprint density at radius 1 is 1.00 bits per heavy atom. The second-order valence-electron chi connectivity index (χ2n) is 7.75. The third-order valence-corrected chi connectivity index (χ3v) is 6.17. The zero-order valence-corrected chi connectivity index (χ0v) is 15.3. The van der Waals surface area contributed by atoms with Gasteiger partial charge in [0.25, 0.3) is 0 Å². The Morgan fingerprint density at radius 3 is 2.77 bits per heavy atom. The molecule has 126 valence electrons. The summed E-state index contributed by atoms with van der Waals surface area (Å²) in [5.74, 6) is 2.08. The third-order valence-electron chi connectivity index (χ3n) is 6.17. The number of hydrogen-bond acceptors (Lipinski definition) is 1. The first-order chi connectivity index (χ1) is 12.6. The fourth-order valence-electron chi connectivity index (χ4n) is 5.04. The van der Waals surface area contributed by atoms with E-state index in [4.69, 9.17) is 4.74 Å². The van der Waals surface area contributed by atoms with E-state index in [-0.39, 0.29) is 0 Å². The zero-order chi connectivity index (χ0) is 17.6. The summed E-state index contributed by atoms with van der Waals surface area (Å²) in [6.45, 7) is 4.39. The van der Waals surface area contributed by atoms with Gasteiger partial charge in [0.1, 0.15) is 18.5 Å². The van der Waals surface area contributed by atoms with Crippen LogP contribution in [0.4, 0.5) is 0 Å². The molecular weight excluding hydrogens is 318 g/mol. The molecule has 26 heavy (non-hydrogen) atoms. The van der Waals surface area contributed by atoms with Gasteiger partial charge in [-0.3, -0.25) is 0 Å². The highest BCUT2D eigenvalue weighted by Crippen LogP contribution is 2.52. The van der Waals surface area contributed by atoms with Crippen LogP contribution in [-0.2, 0) is 19.9 Å². The second kappa shape index (κ2) is 4.64. The van der Waals surface area contributed by atoms with E-state index in [0.29, 0.717) is 0 Å². The fourth-order valence-corrected chi connectivity index (χ4v) is 5.04. The SMILES string of the molecule is Cc1cc2c3c([n+](C)ccc3c1)-c1c(c3c4c(cccc4c1C)CC3)O2. The molecule has 0 radical (unpaired) electrons. The molecule has 0 fully saturated rings. The van der Waals surface area contributed by atoms with Crippen LogP contribution < -0.4 is 9.30 Å². The van der Waals surface area contributed by atoms with Gasteiger partial charge in [0.2, 0.25) is 5.69 Å². The highest BCUT2D eigenvalue weighted by molar-refractivity contribution is 6.07. The zero-order valence-electron chi connectivity index (χ0n) is 15.3. The molecule has 2 heterocycles. The molecule has 6 rings (SSSR count). The van der Waals surface area contributed by atoms with Crippen molar-refractivity contribution in [3.8, 4) is 22.8 Å². The maximum atomic E-state index is 6.62. The largest absolute Gasteiger partial charge is 0.455 e. The number of aryl methyl sites for hydroxylation is 5. The molecule has 0 saturated carbocycles. The Kier molecular flexibility index (Phi) is 2.56. The average molecular weight is 338 g/mol. The van der Waals surface area contributed by atoms with Gasteiger partial charge in [0, 0.05) is 11.6 Å². The molecule has 1 aromatic heterocycles. The van der Waals surface area contributed by atoms with E-state index in [2.05, 4.69) is 68.1 Å². The van der Waals surface area contributed by atoms with Gasteiger partial charge in [-0.25, -0.2) is 4.57 Å². The number of aromatic nitrogens is 1. The lowest BCUT2D eigenvalue weighted by Gasteiger charge is -2.24. The van der Waals surface area contributed by atoms with E-state index < -0.39 is 0 Å². The fraction of sp³-hybridized carbons (Fsp3) is 0.208. The minimum absolute atomic E-state index is 0.998. The minimum Gasteiger partial charge on any atom is -0.455 e. The van der Waals surface area contributed by atoms with Gasteiger partial charge in [0.15, 0.2) is 6.20 Å². The Hall–Kier alpha value is -2.87. The first-order valence-electron chi connectivity index (χ1n) is 9.32. The van der Waals surface area contributed by atoms with Gasteiger partial charge >= 0.3 is 0 Å². The lowest BCUT2D eigenvalue weighted by atomic mass is 9.89. The van der Waals surface area contributed by atoms with Crippen molar-refractivity contribution < 1.29 is 9.30 Å². The molecule has 0 atom stereocenters. The number of ether oxygens (including phenoxy) is 1. The molecule has 0 spiro atoms. The van der Waals surface area contributed by atoms with Crippen molar-refractivity contribution in [1.82, 2.24) is 0 Å². The summed E-state index contributed by atoms with van der Waals surface area (Å²) >= 11 is 0. The van der Waals surface area contributed by atoms with Gasteiger partial charge in [-0.2, -0.15) is 0 Å². The number of nitrogens with zero attached hydrogens (tertiary/aromatic N) is 1. The summed E-state index contributed by atoms with van der Waals surface area (Å²) < 4.78 is 8.87. The van der Waals surface area contributed by atoms with Crippen LogP contribution in [0.25, 0.3) is 32.8 Å². The average Bonchev–Trinajstić information content (AvgIpc) is 3.06. The lowest BCUT2D eigenvalue weighted by molar-refractivity contribution is -0.659. The molecule has 0 amide bonds. The van der Waals surface area contributed by atoms with E-state index in [1.54, 1.807) is 0 Å². The van der Waals surface area contributed by atoms with Gasteiger partial charge in [-0.1, -0.05) is 24.3 Å². The van der Waals surface area contributed by atoms with Crippen molar-refractivity contribution in [2.75, 3.05) is 0 Å². The van der Waals surface area contributed by atoms with Crippen LogP contribution in [0.3, 0.4) is 0 Å². The number of fused-ring (bicyclic) bond motifs is 3. The third kappa shape index (κ3) is 1.60. The number of hydrogen-bond donors (Lipinski definition) is 0. The molecule has 0 N–H and O–H groups in total. The Morgan fingerprint density at radius 2 is 1.88 bits per heavy atom. The van der Waals surface area contributed by atoms with E-state index in [9.17, 15) is 0 Å². The van der Waals surface area contributed by atoms with Gasteiger partial charge in [0.05, 0.1) is 10.9 Å².